The van der Waals surface area contributed by atoms with Crippen molar-refractivity contribution in [1.82, 2.24) is 0 Å². The van der Waals surface area contributed by atoms with Crippen LogP contribution in [0.15, 0.2) is 35.1 Å². The Labute approximate surface area is 125 Å². The van der Waals surface area contributed by atoms with Gasteiger partial charge in [-0.3, -0.25) is 0 Å². The molecule has 19 heavy (non-hydrogen) atoms. The summed E-state index contributed by atoms with van der Waals surface area (Å²) < 4.78 is 10.9. The second-order valence-corrected chi connectivity index (χ2v) is 7.19. The van der Waals surface area contributed by atoms with Crippen molar-refractivity contribution < 1.29 is 9.47 Å². The third kappa shape index (κ3) is 2.48. The van der Waals surface area contributed by atoms with E-state index in [0.29, 0.717) is 5.25 Å². The fraction of sp³-hybridized carbons (Fsp3) is 0.286. The lowest BCUT2D eigenvalue weighted by Crippen LogP contribution is -2.10. The minimum Gasteiger partial charge on any atom is -0.495 e. The van der Waals surface area contributed by atoms with Crippen molar-refractivity contribution in [3.05, 3.63) is 39.9 Å². The molecule has 0 radical (unpaired) electrons. The summed E-state index contributed by atoms with van der Waals surface area (Å²) in [5.41, 5.74) is 0. The van der Waals surface area contributed by atoms with Gasteiger partial charge in [0, 0.05) is 16.9 Å². The first-order valence-electron chi connectivity index (χ1n) is 5.90. The van der Waals surface area contributed by atoms with Crippen LogP contribution in [0.4, 0.5) is 0 Å². The normalized spacial score (nSPS) is 22.0. The average Bonchev–Trinajstić information content (AvgIpc) is 3.16. The van der Waals surface area contributed by atoms with Crippen LogP contribution in [0.3, 0.4) is 0 Å². The Hall–Kier alpha value is -0.750. The SMILES string of the molecule is COc1ccsc1-c1ccc(C2SC=CC2OC)s1. The number of hydrogen-bond donors (Lipinski definition) is 0. The van der Waals surface area contributed by atoms with Gasteiger partial charge in [0.15, 0.2) is 0 Å². The summed E-state index contributed by atoms with van der Waals surface area (Å²) in [6, 6.07) is 6.40. The molecule has 3 rings (SSSR count). The highest BCUT2D eigenvalue weighted by Crippen LogP contribution is 2.46. The van der Waals surface area contributed by atoms with Gasteiger partial charge in [-0.15, -0.1) is 34.4 Å². The highest BCUT2D eigenvalue weighted by molar-refractivity contribution is 8.02. The van der Waals surface area contributed by atoms with Gasteiger partial charge < -0.3 is 9.47 Å². The van der Waals surface area contributed by atoms with Gasteiger partial charge in [0.2, 0.25) is 0 Å². The quantitative estimate of drug-likeness (QED) is 0.808. The van der Waals surface area contributed by atoms with Crippen LogP contribution in [0.25, 0.3) is 9.75 Å². The number of ether oxygens (including phenoxy) is 2. The molecule has 5 heteroatoms. The third-order valence-electron chi connectivity index (χ3n) is 3.04. The van der Waals surface area contributed by atoms with Crippen LogP contribution >= 0.6 is 34.4 Å². The Morgan fingerprint density at radius 1 is 1.16 bits per heavy atom. The minimum absolute atomic E-state index is 0.182. The summed E-state index contributed by atoms with van der Waals surface area (Å²) >= 11 is 5.37. The maximum atomic E-state index is 5.50. The standard InChI is InChI=1S/C14H14O2S3/c1-15-9-5-7-17-13(9)11-3-4-12(19-11)14-10(16-2)6-8-18-14/h3-9,13H,1-2H3. The van der Waals surface area contributed by atoms with E-state index in [1.54, 1.807) is 25.6 Å². The summed E-state index contributed by atoms with van der Waals surface area (Å²) in [4.78, 5) is 3.83. The Morgan fingerprint density at radius 2 is 2.05 bits per heavy atom. The first kappa shape index (κ1) is 13.2. The summed E-state index contributed by atoms with van der Waals surface area (Å²) in [7, 11) is 3.49. The molecule has 3 heterocycles. The lowest BCUT2D eigenvalue weighted by Gasteiger charge is -2.15. The second kappa shape index (κ2) is 5.71. The minimum atomic E-state index is 0.182. The van der Waals surface area contributed by atoms with Crippen LogP contribution < -0.4 is 4.74 Å². The molecule has 2 aromatic rings. The van der Waals surface area contributed by atoms with Crippen LogP contribution in [0.1, 0.15) is 10.1 Å². The van der Waals surface area contributed by atoms with Crippen LogP contribution in [0, 0.1) is 0 Å². The smallest absolute Gasteiger partial charge is 0.138 e. The van der Waals surface area contributed by atoms with E-state index in [1.165, 1.54) is 14.6 Å². The van der Waals surface area contributed by atoms with Gasteiger partial charge in [0.05, 0.1) is 23.3 Å². The molecule has 0 aliphatic carbocycles. The van der Waals surface area contributed by atoms with Crippen LogP contribution in [-0.4, -0.2) is 20.3 Å². The number of rotatable bonds is 4. The lowest BCUT2D eigenvalue weighted by atomic mass is 10.2. The molecule has 0 bridgehead atoms. The van der Waals surface area contributed by atoms with Gasteiger partial charge in [-0.25, -0.2) is 0 Å². The Bertz CT molecular complexity index is 585. The zero-order chi connectivity index (χ0) is 13.2. The maximum absolute atomic E-state index is 5.50. The molecule has 1 aliphatic rings. The molecule has 2 atom stereocenters. The van der Waals surface area contributed by atoms with Crippen molar-refractivity contribution >= 4 is 34.4 Å². The molecule has 0 spiro atoms. The predicted octanol–water partition coefficient (Wildman–Crippen LogP) is 4.80. The molecular formula is C14H14O2S3. The van der Waals surface area contributed by atoms with Crippen molar-refractivity contribution in [2.75, 3.05) is 14.2 Å². The molecule has 0 fully saturated rings. The highest BCUT2D eigenvalue weighted by atomic mass is 32.2. The zero-order valence-electron chi connectivity index (χ0n) is 10.7. The summed E-state index contributed by atoms with van der Waals surface area (Å²) in [5.74, 6) is 0.957. The molecule has 0 saturated heterocycles. The van der Waals surface area contributed by atoms with E-state index < -0.39 is 0 Å². The predicted molar refractivity (Wildman–Crippen MR) is 84.5 cm³/mol. The van der Waals surface area contributed by atoms with E-state index in [9.17, 15) is 0 Å². The van der Waals surface area contributed by atoms with Gasteiger partial charge >= 0.3 is 0 Å². The van der Waals surface area contributed by atoms with Gasteiger partial charge in [0.1, 0.15) is 5.75 Å². The first-order valence-corrected chi connectivity index (χ1v) is 8.54. The van der Waals surface area contributed by atoms with Gasteiger partial charge in [-0.2, -0.15) is 0 Å². The molecule has 0 aromatic carbocycles. The monoisotopic (exact) mass is 310 g/mol. The Kier molecular flexibility index (Phi) is 3.98. The van der Waals surface area contributed by atoms with Gasteiger partial charge in [-0.05, 0) is 35.1 Å². The second-order valence-electron chi connectivity index (χ2n) is 4.11. The molecule has 0 saturated carbocycles. The number of thioether (sulfide) groups is 1. The molecule has 100 valence electrons. The lowest BCUT2D eigenvalue weighted by molar-refractivity contribution is 0.142. The van der Waals surface area contributed by atoms with Crippen molar-refractivity contribution in [3.8, 4) is 15.5 Å². The van der Waals surface area contributed by atoms with E-state index in [-0.39, 0.29) is 6.10 Å². The Balaban J connectivity index is 1.88. The fourth-order valence-corrected chi connectivity index (χ4v) is 5.40. The molecule has 1 aliphatic heterocycles. The van der Waals surface area contributed by atoms with E-state index in [1.807, 2.05) is 29.2 Å². The van der Waals surface area contributed by atoms with E-state index in [2.05, 4.69) is 29.0 Å². The van der Waals surface area contributed by atoms with E-state index >= 15 is 0 Å². The van der Waals surface area contributed by atoms with Gasteiger partial charge in [0.25, 0.3) is 0 Å². The van der Waals surface area contributed by atoms with Crippen LogP contribution in [0.5, 0.6) is 5.75 Å². The number of thiophene rings is 2. The molecule has 2 aromatic heterocycles. The van der Waals surface area contributed by atoms with Crippen molar-refractivity contribution in [2.45, 2.75) is 11.4 Å². The van der Waals surface area contributed by atoms with Crippen LogP contribution in [0.2, 0.25) is 0 Å². The third-order valence-corrected chi connectivity index (χ3v) is 6.57. The van der Waals surface area contributed by atoms with Gasteiger partial charge in [-0.1, -0.05) is 0 Å². The number of hydrogen-bond acceptors (Lipinski definition) is 5. The highest BCUT2D eigenvalue weighted by Gasteiger charge is 2.27. The van der Waals surface area contributed by atoms with Crippen LogP contribution in [-0.2, 0) is 4.74 Å². The molecular weight excluding hydrogens is 296 g/mol. The molecule has 2 unspecified atom stereocenters. The molecule has 0 amide bonds. The van der Waals surface area contributed by atoms with E-state index in [4.69, 9.17) is 9.47 Å². The molecule has 0 N–H and O–H groups in total. The maximum Gasteiger partial charge on any atom is 0.138 e. The summed E-state index contributed by atoms with van der Waals surface area (Å²) in [6.07, 6.45) is 2.31. The van der Waals surface area contributed by atoms with Crippen molar-refractivity contribution in [2.24, 2.45) is 0 Å². The zero-order valence-corrected chi connectivity index (χ0v) is 13.1. The Morgan fingerprint density at radius 3 is 2.84 bits per heavy atom. The molecule has 2 nitrogen and oxygen atoms in total. The number of methoxy groups -OCH3 is 2. The first-order chi connectivity index (χ1) is 9.33. The topological polar surface area (TPSA) is 18.5 Å². The van der Waals surface area contributed by atoms with E-state index in [0.717, 1.165) is 5.75 Å². The fourth-order valence-electron chi connectivity index (χ4n) is 2.08. The van der Waals surface area contributed by atoms with Crippen molar-refractivity contribution in [1.29, 1.82) is 0 Å². The largest absolute Gasteiger partial charge is 0.495 e. The van der Waals surface area contributed by atoms with Crippen molar-refractivity contribution in [3.63, 3.8) is 0 Å². The average molecular weight is 310 g/mol. The summed E-state index contributed by atoms with van der Waals surface area (Å²) in [5, 5.41) is 4.58. The summed E-state index contributed by atoms with van der Waals surface area (Å²) in [6.45, 7) is 0.